The zero-order chi connectivity index (χ0) is 15.4. The third kappa shape index (κ3) is 3.91. The number of hydrogen-bond acceptors (Lipinski definition) is 4. The van der Waals surface area contributed by atoms with Gasteiger partial charge in [0.1, 0.15) is 0 Å². The maximum absolute atomic E-state index is 12.2. The second-order valence-electron chi connectivity index (χ2n) is 4.86. The number of thiophene rings is 1. The van der Waals surface area contributed by atoms with Gasteiger partial charge in [0.25, 0.3) is 5.91 Å². The first-order valence-corrected chi connectivity index (χ1v) is 7.38. The van der Waals surface area contributed by atoms with Gasteiger partial charge < -0.3 is 15.3 Å². The van der Waals surface area contributed by atoms with Crippen LogP contribution in [0.5, 0.6) is 0 Å². The van der Waals surface area contributed by atoms with Crippen LogP contribution in [0.4, 0.5) is 0 Å². The molecule has 0 aromatic carbocycles. The quantitative estimate of drug-likeness (QED) is 0.818. The summed E-state index contributed by atoms with van der Waals surface area (Å²) >= 11 is 1.26. The van der Waals surface area contributed by atoms with Gasteiger partial charge in [-0.2, -0.15) is 0 Å². The summed E-state index contributed by atoms with van der Waals surface area (Å²) in [7, 11) is 1.72. The van der Waals surface area contributed by atoms with Crippen LogP contribution in [0.1, 0.15) is 28.1 Å². The largest absolute Gasteiger partial charge is 0.478 e. The fraction of sp³-hybridized carbons (Fsp3) is 0.357. The minimum absolute atomic E-state index is 0.0707. The van der Waals surface area contributed by atoms with E-state index in [1.165, 1.54) is 17.4 Å². The van der Waals surface area contributed by atoms with Crippen molar-refractivity contribution in [2.75, 3.05) is 13.6 Å². The molecule has 2 N–H and O–H groups in total. The van der Waals surface area contributed by atoms with Crippen LogP contribution in [0.2, 0.25) is 0 Å². The Balaban J connectivity index is 2.02. The smallest absolute Gasteiger partial charge is 0.328 e. The molecular formula is C14H16N2O4S. The van der Waals surface area contributed by atoms with E-state index in [0.29, 0.717) is 29.8 Å². The molecular weight excluding hydrogens is 292 g/mol. The summed E-state index contributed by atoms with van der Waals surface area (Å²) in [6.07, 6.45) is 3.47. The van der Waals surface area contributed by atoms with E-state index < -0.39 is 5.97 Å². The van der Waals surface area contributed by atoms with Gasteiger partial charge in [0.2, 0.25) is 5.91 Å². The van der Waals surface area contributed by atoms with Gasteiger partial charge in [-0.05, 0) is 29.5 Å². The normalized spacial score (nSPS) is 19.0. The zero-order valence-corrected chi connectivity index (χ0v) is 12.4. The average Bonchev–Trinajstić information content (AvgIpc) is 2.89. The molecule has 1 atom stereocenters. The lowest BCUT2D eigenvalue weighted by Crippen LogP contribution is -2.48. The number of piperidine rings is 1. The molecule has 1 fully saturated rings. The van der Waals surface area contributed by atoms with Crippen LogP contribution < -0.4 is 5.32 Å². The number of hydrogen-bond donors (Lipinski definition) is 2. The molecule has 0 radical (unpaired) electrons. The van der Waals surface area contributed by atoms with Crippen LogP contribution in [-0.2, 0) is 9.59 Å². The lowest BCUT2D eigenvalue weighted by Gasteiger charge is -2.30. The van der Waals surface area contributed by atoms with E-state index in [2.05, 4.69) is 5.32 Å². The van der Waals surface area contributed by atoms with Crippen molar-refractivity contribution in [2.45, 2.75) is 18.9 Å². The lowest BCUT2D eigenvalue weighted by atomic mass is 10.1. The van der Waals surface area contributed by atoms with Crippen molar-refractivity contribution in [3.63, 3.8) is 0 Å². The number of carboxylic acids is 1. The first-order valence-electron chi connectivity index (χ1n) is 6.50. The molecule has 0 aliphatic carbocycles. The van der Waals surface area contributed by atoms with Crippen molar-refractivity contribution >= 4 is 35.2 Å². The highest BCUT2D eigenvalue weighted by Crippen LogP contribution is 2.19. The van der Waals surface area contributed by atoms with Gasteiger partial charge in [0, 0.05) is 32.1 Å². The number of carbonyl (C=O) groups excluding carboxylic acids is 2. The monoisotopic (exact) mass is 308 g/mol. The van der Waals surface area contributed by atoms with Gasteiger partial charge in [-0.25, -0.2) is 4.79 Å². The van der Waals surface area contributed by atoms with E-state index in [0.717, 1.165) is 6.08 Å². The van der Waals surface area contributed by atoms with Crippen LogP contribution in [0.3, 0.4) is 0 Å². The molecule has 1 aromatic heterocycles. The molecule has 2 rings (SSSR count). The van der Waals surface area contributed by atoms with Crippen LogP contribution in [0.15, 0.2) is 17.5 Å². The number of carboxylic acid groups (broad SMARTS) is 1. The van der Waals surface area contributed by atoms with Gasteiger partial charge in [-0.1, -0.05) is 0 Å². The number of rotatable bonds is 4. The summed E-state index contributed by atoms with van der Waals surface area (Å²) in [5, 5.41) is 13.3. The number of nitrogens with zero attached hydrogens (tertiary/aromatic N) is 1. The van der Waals surface area contributed by atoms with Gasteiger partial charge in [-0.3, -0.25) is 9.59 Å². The Kier molecular flexibility index (Phi) is 4.74. The van der Waals surface area contributed by atoms with Gasteiger partial charge >= 0.3 is 5.97 Å². The van der Waals surface area contributed by atoms with E-state index in [-0.39, 0.29) is 17.9 Å². The molecule has 0 bridgehead atoms. The summed E-state index contributed by atoms with van der Waals surface area (Å²) in [5.74, 6) is -1.20. The molecule has 2 heterocycles. The Morgan fingerprint density at radius 2 is 2.29 bits per heavy atom. The molecule has 1 unspecified atom stereocenters. The van der Waals surface area contributed by atoms with Crippen molar-refractivity contribution in [1.29, 1.82) is 0 Å². The van der Waals surface area contributed by atoms with Crippen molar-refractivity contribution < 1.29 is 19.5 Å². The van der Waals surface area contributed by atoms with Crippen LogP contribution in [0.25, 0.3) is 6.08 Å². The minimum atomic E-state index is -1.06. The highest BCUT2D eigenvalue weighted by atomic mass is 32.1. The SMILES string of the molecule is CN1CC(NC(=O)c2sccc2C=CC(=O)O)CCC1=O. The molecule has 1 saturated heterocycles. The fourth-order valence-electron chi connectivity index (χ4n) is 2.18. The van der Waals surface area contributed by atoms with Gasteiger partial charge in [0.05, 0.1) is 4.88 Å². The van der Waals surface area contributed by atoms with Crippen LogP contribution in [0, 0.1) is 0 Å². The molecule has 112 valence electrons. The fourth-order valence-corrected chi connectivity index (χ4v) is 2.97. The summed E-state index contributed by atoms with van der Waals surface area (Å²) in [6.45, 7) is 0.496. The molecule has 1 aromatic rings. The number of carbonyl (C=O) groups is 3. The summed E-state index contributed by atoms with van der Waals surface area (Å²) in [4.78, 5) is 36.3. The molecule has 0 spiro atoms. The molecule has 1 aliphatic rings. The predicted molar refractivity (Wildman–Crippen MR) is 79.1 cm³/mol. The predicted octanol–water partition coefficient (Wildman–Crippen LogP) is 1.20. The van der Waals surface area contributed by atoms with E-state index in [9.17, 15) is 14.4 Å². The molecule has 0 saturated carbocycles. The first-order chi connectivity index (χ1) is 9.97. The second-order valence-corrected chi connectivity index (χ2v) is 5.78. The Labute approximate surface area is 126 Å². The first kappa shape index (κ1) is 15.2. The second kappa shape index (κ2) is 6.53. The number of nitrogens with one attached hydrogen (secondary N) is 1. The Bertz CT molecular complexity index is 594. The van der Waals surface area contributed by atoms with Crippen molar-refractivity contribution in [1.82, 2.24) is 10.2 Å². The lowest BCUT2D eigenvalue weighted by molar-refractivity contribution is -0.132. The highest BCUT2D eigenvalue weighted by molar-refractivity contribution is 7.12. The molecule has 7 heteroatoms. The van der Waals surface area contributed by atoms with E-state index >= 15 is 0 Å². The van der Waals surface area contributed by atoms with E-state index in [4.69, 9.17) is 5.11 Å². The Morgan fingerprint density at radius 3 is 2.95 bits per heavy atom. The van der Waals surface area contributed by atoms with Gasteiger partial charge in [-0.15, -0.1) is 11.3 Å². The number of amides is 2. The Morgan fingerprint density at radius 1 is 1.52 bits per heavy atom. The van der Waals surface area contributed by atoms with Crippen LogP contribution in [-0.4, -0.2) is 47.4 Å². The summed E-state index contributed by atoms with van der Waals surface area (Å²) < 4.78 is 0. The number of aliphatic carboxylic acids is 1. The highest BCUT2D eigenvalue weighted by Gasteiger charge is 2.25. The molecule has 21 heavy (non-hydrogen) atoms. The molecule has 6 nitrogen and oxygen atoms in total. The minimum Gasteiger partial charge on any atom is -0.478 e. The Hall–Kier alpha value is -2.15. The van der Waals surface area contributed by atoms with E-state index in [1.54, 1.807) is 23.4 Å². The van der Waals surface area contributed by atoms with Crippen molar-refractivity contribution in [3.05, 3.63) is 28.0 Å². The van der Waals surface area contributed by atoms with Crippen molar-refractivity contribution in [2.24, 2.45) is 0 Å². The number of likely N-dealkylation sites (N-methyl/N-ethyl adjacent to an activating group) is 1. The third-order valence-corrected chi connectivity index (χ3v) is 4.20. The summed E-state index contributed by atoms with van der Waals surface area (Å²) in [5.41, 5.74) is 0.583. The maximum atomic E-state index is 12.2. The maximum Gasteiger partial charge on any atom is 0.328 e. The number of likely N-dealkylation sites (tertiary alicyclic amines) is 1. The topological polar surface area (TPSA) is 86.7 Å². The summed E-state index contributed by atoms with van der Waals surface area (Å²) in [6, 6.07) is 1.63. The van der Waals surface area contributed by atoms with Crippen LogP contribution >= 0.6 is 11.3 Å². The van der Waals surface area contributed by atoms with E-state index in [1.807, 2.05) is 0 Å². The standard InChI is InChI=1S/C14H16N2O4S/c1-16-8-10(3-4-11(16)17)15-14(20)13-9(6-7-21-13)2-5-12(18)19/h2,5-7,10H,3-4,8H2,1H3,(H,15,20)(H,18,19). The molecule has 2 amide bonds. The van der Waals surface area contributed by atoms with Gasteiger partial charge in [0.15, 0.2) is 0 Å². The zero-order valence-electron chi connectivity index (χ0n) is 11.5. The molecule has 1 aliphatic heterocycles. The van der Waals surface area contributed by atoms with Crippen molar-refractivity contribution in [3.8, 4) is 0 Å². The third-order valence-electron chi connectivity index (χ3n) is 3.27. The average molecular weight is 308 g/mol.